The minimum absolute atomic E-state index is 0.0164. The van der Waals surface area contributed by atoms with Crippen molar-refractivity contribution in [1.82, 2.24) is 9.62 Å². The molecule has 11 heteroatoms. The number of piperidine rings is 1. The van der Waals surface area contributed by atoms with Crippen LogP contribution in [-0.4, -0.2) is 52.4 Å². The van der Waals surface area contributed by atoms with Gasteiger partial charge in [0, 0.05) is 23.7 Å². The number of hydrogen-bond donors (Lipinski definition) is 1. The van der Waals surface area contributed by atoms with E-state index in [1.807, 2.05) is 0 Å². The number of nitrogens with zero attached hydrogens (tertiary/aromatic N) is 1. The van der Waals surface area contributed by atoms with Crippen LogP contribution in [0.5, 0.6) is 5.75 Å². The Morgan fingerprint density at radius 3 is 2.73 bits per heavy atom. The molecule has 2 aromatic rings. The Hall–Kier alpha value is -2.53. The first-order valence-electron chi connectivity index (χ1n) is 10.3. The normalized spacial score (nSPS) is 24.1. The first-order chi connectivity index (χ1) is 15.8. The second-order valence-corrected chi connectivity index (χ2v) is 9.05. The predicted molar refractivity (Wildman–Crippen MR) is 112 cm³/mol. The summed E-state index contributed by atoms with van der Waals surface area (Å²) in [5.41, 5.74) is -0.223. The van der Waals surface area contributed by atoms with Crippen molar-refractivity contribution in [2.45, 2.75) is 37.5 Å². The molecular weight excluding hydrogens is 467 g/mol. The van der Waals surface area contributed by atoms with E-state index in [0.717, 1.165) is 6.07 Å². The fourth-order valence-corrected chi connectivity index (χ4v) is 5.06. The van der Waals surface area contributed by atoms with Gasteiger partial charge in [0.25, 0.3) is 0 Å². The minimum Gasteiger partial charge on any atom is -0.489 e. The molecule has 0 aliphatic carbocycles. The second-order valence-electron chi connectivity index (χ2n) is 7.90. The summed E-state index contributed by atoms with van der Waals surface area (Å²) in [6.45, 7) is -0.269. The zero-order valence-electron chi connectivity index (χ0n) is 17.3. The summed E-state index contributed by atoms with van der Waals surface area (Å²) in [6.07, 6.45) is -2.02. The molecule has 2 aliphatic heterocycles. The molecule has 178 valence electrons. The molecule has 2 aliphatic rings. The molecule has 0 aromatic heterocycles. The molecule has 1 fully saturated rings. The SMILES string of the molecule is O=C1CCOc2c(F)cc(F)cc2-c2cccc(c2F)CC2C(NS(=O)CF)C(F)CCN12. The standard InChI is InChI=1S/C22H21F5N2O3S/c23-11-33(31)28-21-16(25)4-6-29-18(21)8-12-2-1-3-14(20(12)27)15-9-13(24)10-17(26)22(15)32-7-5-19(29)30/h1-3,9-10,16,18,21,28H,4-8,11H2. The highest BCUT2D eigenvalue weighted by Gasteiger charge is 2.41. The van der Waals surface area contributed by atoms with Crippen molar-refractivity contribution in [3.63, 3.8) is 0 Å². The fraction of sp³-hybridized carbons (Fsp3) is 0.409. The number of ether oxygens (including phenoxy) is 1. The molecule has 4 rings (SSSR count). The molecule has 5 nitrogen and oxygen atoms in total. The quantitative estimate of drug-likeness (QED) is 0.672. The largest absolute Gasteiger partial charge is 0.489 e. The number of hydrogen-bond acceptors (Lipinski definition) is 3. The third kappa shape index (κ3) is 4.74. The van der Waals surface area contributed by atoms with Crippen LogP contribution in [0.1, 0.15) is 18.4 Å². The van der Waals surface area contributed by atoms with Crippen molar-refractivity contribution in [3.8, 4) is 16.9 Å². The van der Waals surface area contributed by atoms with Crippen molar-refractivity contribution >= 4 is 16.9 Å². The number of alkyl halides is 2. The van der Waals surface area contributed by atoms with Gasteiger partial charge in [0.2, 0.25) is 5.91 Å². The van der Waals surface area contributed by atoms with Crippen molar-refractivity contribution in [2.24, 2.45) is 0 Å². The highest BCUT2D eigenvalue weighted by atomic mass is 32.2. The van der Waals surface area contributed by atoms with Crippen LogP contribution in [0.3, 0.4) is 0 Å². The highest BCUT2D eigenvalue weighted by Crippen LogP contribution is 2.37. The molecule has 4 unspecified atom stereocenters. The maximum atomic E-state index is 15.6. The zero-order chi connectivity index (χ0) is 23.7. The van der Waals surface area contributed by atoms with E-state index in [1.54, 1.807) is 0 Å². The van der Waals surface area contributed by atoms with Gasteiger partial charge in [-0.05, 0) is 24.5 Å². The van der Waals surface area contributed by atoms with Gasteiger partial charge >= 0.3 is 0 Å². The molecule has 1 N–H and O–H groups in total. The summed E-state index contributed by atoms with van der Waals surface area (Å²) in [6, 6.07) is 2.34. The molecule has 4 atom stereocenters. The fourth-order valence-electron chi connectivity index (χ4n) is 4.39. The smallest absolute Gasteiger partial charge is 0.226 e. The Bertz CT molecular complexity index is 1090. The van der Waals surface area contributed by atoms with Crippen LogP contribution >= 0.6 is 0 Å². The van der Waals surface area contributed by atoms with Crippen LogP contribution in [0.25, 0.3) is 11.1 Å². The Labute approximate surface area is 189 Å². The number of amides is 1. The van der Waals surface area contributed by atoms with E-state index in [-0.39, 0.29) is 54.9 Å². The second kappa shape index (κ2) is 9.76. The molecule has 0 saturated carbocycles. The van der Waals surface area contributed by atoms with Gasteiger partial charge < -0.3 is 9.64 Å². The average Bonchev–Trinajstić information content (AvgIpc) is 2.77. The first kappa shape index (κ1) is 23.6. The molecule has 2 heterocycles. The van der Waals surface area contributed by atoms with Crippen LogP contribution in [0.2, 0.25) is 0 Å². The minimum atomic E-state index is -2.19. The lowest BCUT2D eigenvalue weighted by Crippen LogP contribution is -2.62. The van der Waals surface area contributed by atoms with Gasteiger partial charge in [0.1, 0.15) is 28.8 Å². The van der Waals surface area contributed by atoms with Gasteiger partial charge in [-0.15, -0.1) is 0 Å². The summed E-state index contributed by atoms with van der Waals surface area (Å²) in [7, 11) is -2.19. The van der Waals surface area contributed by atoms with Crippen LogP contribution in [-0.2, 0) is 22.2 Å². The summed E-state index contributed by atoms with van der Waals surface area (Å²) in [5, 5.41) is 0. The highest BCUT2D eigenvalue weighted by molar-refractivity contribution is 7.82. The maximum Gasteiger partial charge on any atom is 0.226 e. The van der Waals surface area contributed by atoms with E-state index in [0.29, 0.717) is 6.07 Å². The number of benzene rings is 2. The van der Waals surface area contributed by atoms with Crippen molar-refractivity contribution in [2.75, 3.05) is 19.2 Å². The van der Waals surface area contributed by atoms with E-state index >= 15 is 4.39 Å². The van der Waals surface area contributed by atoms with Gasteiger partial charge in [-0.1, -0.05) is 18.2 Å². The molecule has 1 saturated heterocycles. The van der Waals surface area contributed by atoms with Gasteiger partial charge in [0.05, 0.1) is 25.1 Å². The Morgan fingerprint density at radius 1 is 1.18 bits per heavy atom. The summed E-state index contributed by atoms with van der Waals surface area (Å²) in [5.74, 6) is -3.62. The van der Waals surface area contributed by atoms with Crippen LogP contribution in [0.15, 0.2) is 30.3 Å². The molecule has 33 heavy (non-hydrogen) atoms. The molecule has 0 radical (unpaired) electrons. The molecule has 2 aromatic carbocycles. The van der Waals surface area contributed by atoms with Crippen LogP contribution in [0.4, 0.5) is 22.0 Å². The van der Waals surface area contributed by atoms with Gasteiger partial charge in [-0.3, -0.25) is 4.79 Å². The zero-order valence-corrected chi connectivity index (χ0v) is 18.1. The number of nitrogens with one attached hydrogen (secondary N) is 1. The van der Waals surface area contributed by atoms with Crippen LogP contribution < -0.4 is 9.46 Å². The van der Waals surface area contributed by atoms with E-state index in [1.165, 1.54) is 23.1 Å². The number of carbonyl (C=O) groups is 1. The lowest BCUT2D eigenvalue weighted by atomic mass is 9.88. The van der Waals surface area contributed by atoms with Gasteiger partial charge in [0.15, 0.2) is 17.6 Å². The predicted octanol–water partition coefficient (Wildman–Crippen LogP) is 3.58. The Kier molecular flexibility index (Phi) is 6.99. The lowest BCUT2D eigenvalue weighted by molar-refractivity contribution is -0.137. The monoisotopic (exact) mass is 488 g/mol. The maximum absolute atomic E-state index is 15.6. The van der Waals surface area contributed by atoms with E-state index < -0.39 is 58.6 Å². The Balaban J connectivity index is 1.83. The Morgan fingerprint density at radius 2 is 1.97 bits per heavy atom. The number of halogens is 5. The molecule has 2 bridgehead atoms. The van der Waals surface area contributed by atoms with Crippen molar-refractivity contribution in [1.29, 1.82) is 0 Å². The van der Waals surface area contributed by atoms with Crippen molar-refractivity contribution < 1.29 is 35.7 Å². The summed E-state index contributed by atoms with van der Waals surface area (Å²) >= 11 is 0. The van der Waals surface area contributed by atoms with E-state index in [4.69, 9.17) is 4.74 Å². The summed E-state index contributed by atoms with van der Waals surface area (Å²) in [4.78, 5) is 14.3. The number of rotatable bonds is 3. The first-order valence-corrected chi connectivity index (χ1v) is 11.7. The van der Waals surface area contributed by atoms with E-state index in [9.17, 15) is 26.6 Å². The van der Waals surface area contributed by atoms with E-state index in [2.05, 4.69) is 4.72 Å². The number of fused-ring (bicyclic) bond motifs is 5. The molecule has 0 spiro atoms. The molecule has 1 amide bonds. The average molecular weight is 488 g/mol. The van der Waals surface area contributed by atoms with Gasteiger partial charge in [-0.25, -0.2) is 30.9 Å². The molecular formula is C22H21F5N2O3S. The van der Waals surface area contributed by atoms with Crippen molar-refractivity contribution in [3.05, 3.63) is 53.3 Å². The third-order valence-corrected chi connectivity index (χ3v) is 6.64. The summed E-state index contributed by atoms with van der Waals surface area (Å²) < 4.78 is 91.3. The lowest BCUT2D eigenvalue weighted by Gasteiger charge is -2.43. The number of carbonyl (C=O) groups excluding carboxylic acids is 1. The topological polar surface area (TPSA) is 58.6 Å². The van der Waals surface area contributed by atoms with Crippen LogP contribution in [0, 0.1) is 17.5 Å². The van der Waals surface area contributed by atoms with Gasteiger partial charge in [-0.2, -0.15) is 0 Å². The third-order valence-electron chi connectivity index (χ3n) is 5.91.